The van der Waals surface area contributed by atoms with Crippen LogP contribution in [0.2, 0.25) is 0 Å². The third kappa shape index (κ3) is 4.28. The van der Waals surface area contributed by atoms with E-state index in [-0.39, 0.29) is 19.6 Å². The fourth-order valence-corrected chi connectivity index (χ4v) is 4.00. The van der Waals surface area contributed by atoms with Gasteiger partial charge in [0, 0.05) is 39.5 Å². The van der Waals surface area contributed by atoms with Gasteiger partial charge in [-0.05, 0) is 0 Å². The Labute approximate surface area is 170 Å². The molecule has 0 bridgehead atoms. The maximum atomic E-state index is 12.4. The molecule has 0 radical (unpaired) electrons. The Morgan fingerprint density at radius 3 is 2.47 bits per heavy atom. The Kier molecular flexibility index (Phi) is 6.08. The van der Waals surface area contributed by atoms with Crippen LogP contribution in [0.3, 0.4) is 0 Å². The minimum atomic E-state index is -1.35. The van der Waals surface area contributed by atoms with E-state index in [1.165, 1.54) is 27.0 Å². The van der Waals surface area contributed by atoms with Crippen LogP contribution in [0.1, 0.15) is 33.4 Å². The average molecular weight is 425 g/mol. The maximum Gasteiger partial charge on any atom is 0.330 e. The highest BCUT2D eigenvalue weighted by atomic mass is 16.6. The summed E-state index contributed by atoms with van der Waals surface area (Å²) in [6, 6.07) is 1.12. The van der Waals surface area contributed by atoms with E-state index in [1.807, 2.05) is 0 Å². The Hall–Kier alpha value is -2.99. The first-order valence-electron chi connectivity index (χ1n) is 9.30. The van der Waals surface area contributed by atoms with Crippen molar-refractivity contribution in [3.8, 4) is 0 Å². The topological polar surface area (TPSA) is 155 Å². The van der Waals surface area contributed by atoms with Crippen molar-refractivity contribution in [1.82, 2.24) is 14.9 Å². The number of aromatic nitrogens is 2. The minimum Gasteiger partial charge on any atom is -0.460 e. The molecule has 2 aliphatic rings. The Balaban J connectivity index is 2.11. The van der Waals surface area contributed by atoms with E-state index in [9.17, 15) is 24.0 Å². The highest BCUT2D eigenvalue weighted by molar-refractivity contribution is 5.74. The van der Waals surface area contributed by atoms with Gasteiger partial charge in [0.25, 0.3) is 5.56 Å². The molecular formula is C18H23N3O9. The van der Waals surface area contributed by atoms with Gasteiger partial charge in [-0.3, -0.25) is 28.7 Å². The molecule has 2 N–H and O–H groups in total. The summed E-state index contributed by atoms with van der Waals surface area (Å²) in [6.07, 6.45) is -2.72. The summed E-state index contributed by atoms with van der Waals surface area (Å²) >= 11 is 0. The number of esters is 2. The van der Waals surface area contributed by atoms with Crippen LogP contribution >= 0.6 is 0 Å². The lowest BCUT2D eigenvalue weighted by molar-refractivity contribution is -0.160. The summed E-state index contributed by atoms with van der Waals surface area (Å²) in [6.45, 7) is 3.73. The average Bonchev–Trinajstić information content (AvgIpc) is 2.77. The molecule has 2 saturated heterocycles. The Morgan fingerprint density at radius 2 is 1.87 bits per heavy atom. The lowest BCUT2D eigenvalue weighted by Gasteiger charge is -2.38. The molecule has 0 aromatic carbocycles. The number of H-pyrrole nitrogens is 1. The van der Waals surface area contributed by atoms with Crippen LogP contribution in [-0.2, 0) is 33.3 Å². The number of carbonyl (C=O) groups is 3. The second-order valence-corrected chi connectivity index (χ2v) is 7.26. The van der Waals surface area contributed by atoms with Crippen molar-refractivity contribution < 1.29 is 33.3 Å². The molecule has 2 aliphatic heterocycles. The Bertz CT molecular complexity index is 955. The number of amides is 1. The molecule has 1 aromatic heterocycles. The van der Waals surface area contributed by atoms with E-state index in [0.717, 1.165) is 10.6 Å². The zero-order chi connectivity index (χ0) is 22.1. The third-order valence-electron chi connectivity index (χ3n) is 4.94. The van der Waals surface area contributed by atoms with Gasteiger partial charge in [0.1, 0.15) is 17.7 Å². The highest BCUT2D eigenvalue weighted by Gasteiger charge is 2.62. The molecule has 0 saturated carbocycles. The first kappa shape index (κ1) is 21.7. The number of carbonyl (C=O) groups excluding carboxylic acids is 3. The summed E-state index contributed by atoms with van der Waals surface area (Å²) in [5, 5.41) is 2.79. The van der Waals surface area contributed by atoms with Crippen molar-refractivity contribution in [2.75, 3.05) is 13.2 Å². The molecule has 0 aliphatic carbocycles. The smallest absolute Gasteiger partial charge is 0.330 e. The molecule has 1 amide bonds. The third-order valence-corrected chi connectivity index (χ3v) is 4.94. The van der Waals surface area contributed by atoms with Crippen molar-refractivity contribution in [3.05, 3.63) is 33.1 Å². The van der Waals surface area contributed by atoms with Gasteiger partial charge in [0.05, 0.1) is 13.2 Å². The first-order valence-corrected chi connectivity index (χ1v) is 9.30. The van der Waals surface area contributed by atoms with Crippen molar-refractivity contribution in [1.29, 1.82) is 0 Å². The van der Waals surface area contributed by atoms with Gasteiger partial charge in [-0.1, -0.05) is 0 Å². The number of rotatable bonds is 4. The highest BCUT2D eigenvalue weighted by Crippen LogP contribution is 2.43. The second kappa shape index (κ2) is 8.40. The van der Waals surface area contributed by atoms with E-state index in [1.54, 1.807) is 0 Å². The molecule has 5 atom stereocenters. The fraction of sp³-hybridized carbons (Fsp3) is 0.611. The number of nitrogens with one attached hydrogen (secondary N) is 2. The molecule has 1 aromatic rings. The molecule has 3 rings (SSSR count). The van der Waals surface area contributed by atoms with Gasteiger partial charge in [-0.15, -0.1) is 0 Å². The summed E-state index contributed by atoms with van der Waals surface area (Å²) in [5.74, 6) is -1.67. The standard InChI is InChI=1S/C18H23N3O9/c1-9(22)20-18-6-12(28-10(2)23)7-27-8-13(18)30-16(15(18)29-11(3)24)21-5-4-14(25)19-17(21)26/h4-5,12-13,15-16H,6-8H2,1-3H3,(H,20,22)(H,19,25,26)/t12-,13+,15-,16+,18+/m0/s1. The predicted molar refractivity (Wildman–Crippen MR) is 98.3 cm³/mol. The lowest BCUT2D eigenvalue weighted by atomic mass is 9.82. The number of nitrogens with zero attached hydrogens (tertiary/aromatic N) is 1. The number of aromatic amines is 1. The van der Waals surface area contributed by atoms with Crippen LogP contribution in [0.4, 0.5) is 0 Å². The molecule has 12 nitrogen and oxygen atoms in total. The quantitative estimate of drug-likeness (QED) is 0.554. The minimum absolute atomic E-state index is 0.0172. The molecule has 2 fully saturated rings. The largest absolute Gasteiger partial charge is 0.460 e. The number of fused-ring (bicyclic) bond motifs is 1. The van der Waals surface area contributed by atoms with Crippen molar-refractivity contribution in [3.63, 3.8) is 0 Å². The van der Waals surface area contributed by atoms with Crippen LogP contribution in [0.5, 0.6) is 0 Å². The SMILES string of the molecule is CC(=O)N[C@]12C[C@H](OC(C)=O)COC[C@H]1O[C@@H](n1ccc(=O)[nH]c1=O)[C@@H]2OC(C)=O. The predicted octanol–water partition coefficient (Wildman–Crippen LogP) is -1.41. The van der Waals surface area contributed by atoms with Crippen molar-refractivity contribution in [2.45, 2.75) is 57.3 Å². The zero-order valence-corrected chi connectivity index (χ0v) is 16.7. The van der Waals surface area contributed by atoms with Gasteiger partial charge in [0.2, 0.25) is 5.91 Å². The zero-order valence-electron chi connectivity index (χ0n) is 16.7. The number of hydrogen-bond acceptors (Lipinski definition) is 9. The van der Waals surface area contributed by atoms with Gasteiger partial charge in [0.15, 0.2) is 12.3 Å². The summed E-state index contributed by atoms with van der Waals surface area (Å²) in [5.41, 5.74) is -2.74. The second-order valence-electron chi connectivity index (χ2n) is 7.26. The van der Waals surface area contributed by atoms with Gasteiger partial charge < -0.3 is 24.3 Å². The van der Waals surface area contributed by atoms with Crippen molar-refractivity contribution in [2.24, 2.45) is 0 Å². The van der Waals surface area contributed by atoms with Gasteiger partial charge in [-0.25, -0.2) is 4.79 Å². The van der Waals surface area contributed by atoms with Crippen LogP contribution in [0.15, 0.2) is 21.9 Å². The summed E-state index contributed by atoms with van der Waals surface area (Å²) in [4.78, 5) is 61.4. The molecular weight excluding hydrogens is 402 g/mol. The molecule has 0 unspecified atom stereocenters. The molecule has 164 valence electrons. The van der Waals surface area contributed by atoms with E-state index in [4.69, 9.17) is 18.9 Å². The molecule has 3 heterocycles. The first-order chi connectivity index (χ1) is 14.1. The number of hydrogen-bond donors (Lipinski definition) is 2. The van der Waals surface area contributed by atoms with Crippen LogP contribution < -0.4 is 16.6 Å². The van der Waals surface area contributed by atoms with Crippen LogP contribution in [-0.4, -0.2) is 64.5 Å². The van der Waals surface area contributed by atoms with Gasteiger partial charge in [-0.2, -0.15) is 0 Å². The summed E-state index contributed by atoms with van der Waals surface area (Å²) < 4.78 is 23.5. The molecule has 0 spiro atoms. The van der Waals surface area contributed by atoms with Crippen LogP contribution in [0.25, 0.3) is 0 Å². The maximum absolute atomic E-state index is 12.4. The fourth-order valence-electron chi connectivity index (χ4n) is 4.00. The van der Waals surface area contributed by atoms with E-state index < -0.39 is 59.2 Å². The Morgan fingerprint density at radius 1 is 1.17 bits per heavy atom. The molecule has 12 heteroatoms. The van der Waals surface area contributed by atoms with Gasteiger partial charge >= 0.3 is 17.6 Å². The van der Waals surface area contributed by atoms with E-state index >= 15 is 0 Å². The monoisotopic (exact) mass is 425 g/mol. The van der Waals surface area contributed by atoms with E-state index in [0.29, 0.717) is 0 Å². The summed E-state index contributed by atoms with van der Waals surface area (Å²) in [7, 11) is 0. The normalized spacial score (nSPS) is 30.6. The number of ether oxygens (including phenoxy) is 4. The lowest BCUT2D eigenvalue weighted by Crippen LogP contribution is -2.63. The van der Waals surface area contributed by atoms with Crippen molar-refractivity contribution >= 4 is 17.8 Å². The molecule has 30 heavy (non-hydrogen) atoms. The van der Waals surface area contributed by atoms with E-state index in [2.05, 4.69) is 10.3 Å². The van der Waals surface area contributed by atoms with Crippen LogP contribution in [0, 0.1) is 0 Å².